The van der Waals surface area contributed by atoms with Crippen molar-refractivity contribution in [2.75, 3.05) is 0 Å². The molecule has 0 saturated heterocycles. The molecule has 0 radical (unpaired) electrons. The monoisotopic (exact) mass is 655 g/mol. The van der Waals surface area contributed by atoms with Crippen LogP contribution in [0.4, 0.5) is 35.1 Å². The maximum absolute atomic E-state index is 17.0. The van der Waals surface area contributed by atoms with Gasteiger partial charge in [-0.3, -0.25) is 17.6 Å². The van der Waals surface area contributed by atoms with Gasteiger partial charge in [-0.2, -0.15) is 0 Å². The molecular formula is C36H46BF8N. The molecule has 0 aromatic carbocycles. The minimum absolute atomic E-state index is 0.609. The van der Waals surface area contributed by atoms with Crippen molar-refractivity contribution < 1.29 is 40.0 Å². The summed E-state index contributed by atoms with van der Waals surface area (Å²) >= 11 is 0. The highest BCUT2D eigenvalue weighted by Crippen LogP contribution is 2.62. The van der Waals surface area contributed by atoms with Gasteiger partial charge in [0, 0.05) is 48.0 Å². The van der Waals surface area contributed by atoms with Crippen molar-refractivity contribution in [3.8, 4) is 0 Å². The summed E-state index contributed by atoms with van der Waals surface area (Å²) in [6.45, 7) is 9.46. The lowest BCUT2D eigenvalue weighted by molar-refractivity contribution is -0.967. The van der Waals surface area contributed by atoms with Crippen LogP contribution < -0.4 is 4.90 Å². The van der Waals surface area contributed by atoms with Gasteiger partial charge in [0.15, 0.2) is 6.15 Å². The third-order valence-electron chi connectivity index (χ3n) is 10.7. The van der Waals surface area contributed by atoms with E-state index >= 15 is 17.6 Å². The molecule has 5 aliphatic carbocycles. The maximum Gasteiger partial charge on any atom is 0.183 e. The fourth-order valence-corrected chi connectivity index (χ4v) is 9.39. The Hall–Kier alpha value is -2.62. The molecule has 0 aromatic heterocycles. The van der Waals surface area contributed by atoms with Crippen LogP contribution in [0.5, 0.6) is 0 Å². The Kier molecular flexibility index (Phi) is 10.9. The molecule has 0 aliphatic heterocycles. The van der Waals surface area contributed by atoms with E-state index in [1.807, 2.05) is 4.90 Å². The maximum atomic E-state index is 17.0. The Morgan fingerprint density at radius 2 is 0.826 bits per heavy atom. The van der Waals surface area contributed by atoms with Gasteiger partial charge < -0.3 is 4.90 Å². The molecule has 0 spiro atoms. The third-order valence-corrected chi connectivity index (χ3v) is 10.7. The van der Waals surface area contributed by atoms with Crippen LogP contribution in [0, 0.1) is 0 Å². The molecular weight excluding hydrogens is 609 g/mol. The van der Waals surface area contributed by atoms with E-state index in [9.17, 15) is 17.6 Å². The molecule has 4 unspecified atom stereocenters. The van der Waals surface area contributed by atoms with Crippen molar-refractivity contribution >= 4 is 6.15 Å². The molecule has 46 heavy (non-hydrogen) atoms. The Balaban J connectivity index is 0.000000310. The normalized spacial score (nSPS) is 34.5. The highest BCUT2D eigenvalue weighted by Gasteiger charge is 2.76. The van der Waals surface area contributed by atoms with Crippen LogP contribution >= 0.6 is 0 Å². The molecule has 254 valence electrons. The molecule has 1 saturated carbocycles. The fraction of sp³-hybridized carbons (Fsp3) is 0.556. The molecule has 0 heterocycles. The topological polar surface area (TPSA) is 4.44 Å². The van der Waals surface area contributed by atoms with Gasteiger partial charge in [0.25, 0.3) is 0 Å². The van der Waals surface area contributed by atoms with E-state index in [1.54, 1.807) is 0 Å². The second-order valence-corrected chi connectivity index (χ2v) is 14.3. The van der Waals surface area contributed by atoms with Crippen LogP contribution in [0.3, 0.4) is 0 Å². The predicted octanol–water partition coefficient (Wildman–Crippen LogP) is 9.70. The van der Waals surface area contributed by atoms with Crippen LogP contribution in [-0.2, 0) is 0 Å². The van der Waals surface area contributed by atoms with Crippen molar-refractivity contribution in [2.24, 2.45) is 0 Å². The lowest BCUT2D eigenvalue weighted by Gasteiger charge is -2.68. The first-order valence-electron chi connectivity index (χ1n) is 16.5. The first kappa shape index (κ1) is 36.2. The van der Waals surface area contributed by atoms with Gasteiger partial charge in [0.05, 0.1) is 41.4 Å². The number of allylic oxidation sites excluding steroid dienone is 16. The third kappa shape index (κ3) is 6.57. The molecule has 1 N–H and O–H groups in total. The molecule has 4 atom stereocenters. The summed E-state index contributed by atoms with van der Waals surface area (Å²) in [5.74, 6) is -4.59. The van der Waals surface area contributed by atoms with Crippen molar-refractivity contribution in [3.63, 3.8) is 0 Å². The number of hydrogen-bond donors (Lipinski definition) is 1. The zero-order valence-electron chi connectivity index (χ0n) is 27.1. The number of halogens is 8. The first-order chi connectivity index (χ1) is 21.5. The summed E-state index contributed by atoms with van der Waals surface area (Å²) in [6.07, 6.45) is 6.59. The lowest BCUT2D eigenvalue weighted by atomic mass is 8.99. The molecule has 5 aliphatic rings. The second-order valence-electron chi connectivity index (χ2n) is 14.3. The quantitative estimate of drug-likeness (QED) is 0.206. The first-order valence-corrected chi connectivity index (χ1v) is 16.5. The average Bonchev–Trinajstić information content (AvgIpc) is 2.92. The summed E-state index contributed by atoms with van der Waals surface area (Å²) in [6, 6.07) is 2.54. The van der Waals surface area contributed by atoms with Gasteiger partial charge in [-0.15, -0.1) is 0 Å². The van der Waals surface area contributed by atoms with E-state index in [0.717, 1.165) is 66.7 Å². The van der Waals surface area contributed by atoms with E-state index < -0.39 is 77.4 Å². The van der Waals surface area contributed by atoms with E-state index in [-0.39, 0.29) is 0 Å². The highest BCUT2D eigenvalue weighted by molar-refractivity contribution is 6.92. The molecule has 1 fully saturated rings. The van der Waals surface area contributed by atoms with Crippen LogP contribution in [0.2, 0.25) is 0 Å². The largest absolute Gasteiger partial charge is 0.329 e. The summed E-state index contributed by atoms with van der Waals surface area (Å²) in [7, 11) is 0. The molecule has 0 bridgehead atoms. The Labute approximate surface area is 268 Å². The standard InChI is InChI=1S/C24H20BF8.C12H25N/c26-17-5-1-9-21(30,13-17)25(22(31)10-2-6-18(27)14-22,23(32)11-3-7-19(28)15-23)24(33)12-4-8-20(29)16-24;1-10(2)13(11(3)4)12-8-6-5-7-9-12/h1-12H,13-16H2;10-12H,5-9H2,1-4H3/q-1;/p+1. The van der Waals surface area contributed by atoms with Gasteiger partial charge in [0.2, 0.25) is 0 Å². The Morgan fingerprint density at radius 3 is 1.07 bits per heavy atom. The van der Waals surface area contributed by atoms with Gasteiger partial charge in [-0.25, -0.2) is 17.6 Å². The minimum atomic E-state index is -4.72. The van der Waals surface area contributed by atoms with Gasteiger partial charge in [0.1, 0.15) is 0 Å². The zero-order chi connectivity index (χ0) is 34.0. The molecule has 5 rings (SSSR count). The summed E-state index contributed by atoms with van der Waals surface area (Å²) in [5, 5.41) is 0. The number of nitrogens with one attached hydrogen (secondary N) is 1. The van der Waals surface area contributed by atoms with Crippen LogP contribution in [0.15, 0.2) is 96.2 Å². The van der Waals surface area contributed by atoms with Gasteiger partial charge >= 0.3 is 0 Å². The predicted molar refractivity (Wildman–Crippen MR) is 171 cm³/mol. The number of alkyl halides is 4. The van der Waals surface area contributed by atoms with Crippen molar-refractivity contribution in [3.05, 3.63) is 96.2 Å². The summed E-state index contributed by atoms with van der Waals surface area (Å²) < 4.78 is 126. The molecule has 10 heteroatoms. The van der Waals surface area contributed by atoms with Crippen LogP contribution in [-0.4, -0.2) is 46.5 Å². The van der Waals surface area contributed by atoms with Crippen molar-refractivity contribution in [1.29, 1.82) is 0 Å². The number of rotatable bonds is 7. The number of hydrogen-bond acceptors (Lipinski definition) is 0. The summed E-state index contributed by atoms with van der Waals surface area (Å²) in [4.78, 5) is 1.83. The highest BCUT2D eigenvalue weighted by atomic mass is 19.2. The summed E-state index contributed by atoms with van der Waals surface area (Å²) in [5.41, 5.74) is -13.8. The lowest BCUT2D eigenvalue weighted by Crippen LogP contribution is -3.21. The van der Waals surface area contributed by atoms with Crippen molar-refractivity contribution in [2.45, 2.75) is 126 Å². The SMILES string of the molecule is CC(C)[NH+](C(C)C)C1CCCCC1.FC1=CC=CC(F)([B-](C2(F)C=CC=C(F)C2)(C2(F)C=CC=C(F)C2)C2(F)C=CC=C(F)C2)C1. The van der Waals surface area contributed by atoms with E-state index in [2.05, 4.69) is 27.7 Å². The van der Waals surface area contributed by atoms with Gasteiger partial charge in [-0.1, -0.05) is 55.0 Å². The Morgan fingerprint density at radius 1 is 0.543 bits per heavy atom. The van der Waals surface area contributed by atoms with Gasteiger partial charge in [-0.05, 0) is 77.7 Å². The molecule has 0 aromatic rings. The average molecular weight is 656 g/mol. The second kappa shape index (κ2) is 13.9. The van der Waals surface area contributed by atoms with E-state index in [4.69, 9.17) is 0 Å². The van der Waals surface area contributed by atoms with E-state index in [0.29, 0.717) is 24.3 Å². The smallest absolute Gasteiger partial charge is 0.183 e. The zero-order valence-corrected chi connectivity index (χ0v) is 27.1. The fourth-order valence-electron chi connectivity index (χ4n) is 9.39. The minimum Gasteiger partial charge on any atom is -0.329 e. The molecule has 0 amide bonds. The Bertz CT molecular complexity index is 1190. The van der Waals surface area contributed by atoms with Crippen molar-refractivity contribution in [1.82, 2.24) is 0 Å². The van der Waals surface area contributed by atoms with Crippen LogP contribution in [0.25, 0.3) is 0 Å². The molecule has 1 nitrogen and oxygen atoms in total. The number of quaternary nitrogens is 1. The van der Waals surface area contributed by atoms with Crippen LogP contribution in [0.1, 0.15) is 85.5 Å². The van der Waals surface area contributed by atoms with E-state index in [1.165, 1.54) is 32.1 Å².